The number of alkyl halides is 3. The van der Waals surface area contributed by atoms with E-state index in [1.807, 2.05) is 56.3 Å². The highest BCUT2D eigenvalue weighted by molar-refractivity contribution is 5.87. The van der Waals surface area contributed by atoms with E-state index in [2.05, 4.69) is 4.74 Å². The van der Waals surface area contributed by atoms with E-state index in [4.69, 9.17) is 0 Å². The Labute approximate surface area is 229 Å². The number of esters is 1. The number of nitriles is 1. The molecule has 0 saturated heterocycles. The van der Waals surface area contributed by atoms with Crippen LogP contribution in [0.1, 0.15) is 33.4 Å². The van der Waals surface area contributed by atoms with Gasteiger partial charge in [-0.15, -0.1) is 0 Å². The average Bonchev–Trinajstić information content (AvgIpc) is 2.93. The first-order valence-corrected chi connectivity index (χ1v) is 12.3. The molecule has 1 heterocycles. The van der Waals surface area contributed by atoms with Crippen molar-refractivity contribution in [2.75, 3.05) is 7.11 Å². The summed E-state index contributed by atoms with van der Waals surface area (Å²) < 4.78 is 47.5. The molecule has 0 unspecified atom stereocenters. The lowest BCUT2D eigenvalue weighted by Gasteiger charge is -2.19. The zero-order valence-electron chi connectivity index (χ0n) is 22.0. The van der Waals surface area contributed by atoms with Crippen molar-refractivity contribution < 1.29 is 22.7 Å². The third kappa shape index (κ3) is 6.05. The smallest absolute Gasteiger partial charge is 0.417 e. The van der Waals surface area contributed by atoms with Crippen LogP contribution in [0.3, 0.4) is 0 Å². The van der Waals surface area contributed by atoms with Crippen molar-refractivity contribution in [1.29, 1.82) is 5.26 Å². The number of ether oxygens (including phenoxy) is 1. The van der Waals surface area contributed by atoms with E-state index >= 15 is 0 Å². The SMILES string of the molecule is COC(=O)C=Cc1cccc(-c2ccc(-c3cc(C(F)(F)F)c(C#N)c(=O)n3Cc3ccc(C)cc3C)cc2)c1. The number of carbonyl (C=O) groups excluding carboxylic acids is 1. The number of aromatic nitrogens is 1. The van der Waals surface area contributed by atoms with E-state index in [0.717, 1.165) is 39.4 Å². The molecule has 0 spiro atoms. The van der Waals surface area contributed by atoms with E-state index in [-0.39, 0.29) is 12.2 Å². The maximum Gasteiger partial charge on any atom is 0.417 e. The highest BCUT2D eigenvalue weighted by Crippen LogP contribution is 2.34. The second kappa shape index (κ2) is 11.5. The Morgan fingerprint density at radius 1 is 0.975 bits per heavy atom. The minimum atomic E-state index is -4.88. The van der Waals surface area contributed by atoms with Crippen LogP contribution in [0.25, 0.3) is 28.5 Å². The summed E-state index contributed by atoms with van der Waals surface area (Å²) in [6.45, 7) is 3.79. The second-order valence-corrected chi connectivity index (χ2v) is 9.31. The van der Waals surface area contributed by atoms with Crippen molar-refractivity contribution >= 4 is 12.0 Å². The van der Waals surface area contributed by atoms with Crippen molar-refractivity contribution in [3.8, 4) is 28.5 Å². The normalized spacial score (nSPS) is 11.4. The molecule has 3 aromatic carbocycles. The van der Waals surface area contributed by atoms with Gasteiger partial charge >= 0.3 is 12.1 Å². The van der Waals surface area contributed by atoms with Gasteiger partial charge in [-0.1, -0.05) is 66.2 Å². The fourth-order valence-electron chi connectivity index (χ4n) is 4.46. The summed E-state index contributed by atoms with van der Waals surface area (Å²) in [5.41, 5.74) is 2.26. The van der Waals surface area contributed by atoms with Crippen molar-refractivity contribution in [2.24, 2.45) is 0 Å². The van der Waals surface area contributed by atoms with Gasteiger partial charge in [0.15, 0.2) is 0 Å². The Balaban J connectivity index is 1.82. The zero-order valence-corrected chi connectivity index (χ0v) is 22.0. The van der Waals surface area contributed by atoms with Gasteiger partial charge in [-0.05, 0) is 65.4 Å². The van der Waals surface area contributed by atoms with E-state index in [9.17, 15) is 28.0 Å². The van der Waals surface area contributed by atoms with Crippen LogP contribution in [0, 0.1) is 25.2 Å². The fourth-order valence-corrected chi connectivity index (χ4v) is 4.46. The van der Waals surface area contributed by atoms with Gasteiger partial charge in [0.1, 0.15) is 11.6 Å². The third-order valence-electron chi connectivity index (χ3n) is 6.56. The highest BCUT2D eigenvalue weighted by atomic mass is 19.4. The first-order chi connectivity index (χ1) is 19.0. The van der Waals surface area contributed by atoms with Crippen LogP contribution in [0.5, 0.6) is 0 Å². The van der Waals surface area contributed by atoms with Crippen LogP contribution >= 0.6 is 0 Å². The van der Waals surface area contributed by atoms with E-state index in [1.165, 1.54) is 23.8 Å². The first-order valence-electron chi connectivity index (χ1n) is 12.3. The van der Waals surface area contributed by atoms with Gasteiger partial charge in [-0.3, -0.25) is 4.79 Å². The standard InChI is InChI=1S/C32H25F3N2O3/c1-20-7-9-26(21(2)15-20)19-37-29(17-28(32(33,34)35)27(18-36)31(37)39)24-12-10-23(11-13-24)25-6-4-5-22(16-25)8-14-30(38)40-3/h4-17H,19H2,1-3H3. The van der Waals surface area contributed by atoms with Crippen molar-refractivity contribution in [2.45, 2.75) is 26.6 Å². The number of benzene rings is 3. The Morgan fingerprint density at radius 3 is 2.30 bits per heavy atom. The number of aryl methyl sites for hydroxylation is 2. The number of rotatable bonds is 6. The van der Waals surface area contributed by atoms with Crippen LogP contribution in [0.15, 0.2) is 83.7 Å². The number of nitrogens with zero attached hydrogens (tertiary/aromatic N) is 2. The van der Waals surface area contributed by atoms with E-state index in [1.54, 1.807) is 30.3 Å². The van der Waals surface area contributed by atoms with Crippen LogP contribution in [-0.4, -0.2) is 17.6 Å². The molecule has 4 aromatic rings. The molecule has 0 saturated carbocycles. The summed E-state index contributed by atoms with van der Waals surface area (Å²) >= 11 is 0. The molecule has 5 nitrogen and oxygen atoms in total. The predicted octanol–water partition coefficient (Wildman–Crippen LogP) is 6.92. The highest BCUT2D eigenvalue weighted by Gasteiger charge is 2.36. The summed E-state index contributed by atoms with van der Waals surface area (Å²) in [7, 11) is 1.29. The first kappa shape index (κ1) is 28.1. The summed E-state index contributed by atoms with van der Waals surface area (Å²) in [4.78, 5) is 24.7. The molecule has 0 bridgehead atoms. The molecule has 0 aliphatic carbocycles. The van der Waals surface area contributed by atoms with Gasteiger partial charge in [-0.25, -0.2) is 4.79 Å². The van der Waals surface area contributed by atoms with Crippen LogP contribution < -0.4 is 5.56 Å². The minimum Gasteiger partial charge on any atom is -0.466 e. The summed E-state index contributed by atoms with van der Waals surface area (Å²) in [5.74, 6) is -0.484. The number of hydrogen-bond acceptors (Lipinski definition) is 4. The molecule has 0 aliphatic rings. The van der Waals surface area contributed by atoms with Gasteiger partial charge in [0.05, 0.1) is 24.9 Å². The lowest BCUT2D eigenvalue weighted by atomic mass is 9.98. The molecule has 0 aliphatic heterocycles. The monoisotopic (exact) mass is 542 g/mol. The topological polar surface area (TPSA) is 72.1 Å². The number of pyridine rings is 1. The Bertz CT molecular complexity index is 1710. The lowest BCUT2D eigenvalue weighted by Crippen LogP contribution is -2.29. The van der Waals surface area contributed by atoms with Crippen molar-refractivity contribution in [3.05, 3.63) is 123 Å². The molecular formula is C32H25F3N2O3. The fraction of sp³-hybridized carbons (Fsp3) is 0.156. The largest absolute Gasteiger partial charge is 0.466 e. The number of methoxy groups -OCH3 is 1. The number of carbonyl (C=O) groups is 1. The summed E-state index contributed by atoms with van der Waals surface area (Å²) in [5, 5.41) is 9.48. The summed E-state index contributed by atoms with van der Waals surface area (Å²) in [6.07, 6.45) is -1.96. The van der Waals surface area contributed by atoms with E-state index in [0.29, 0.717) is 5.56 Å². The van der Waals surface area contributed by atoms with Crippen molar-refractivity contribution in [3.63, 3.8) is 0 Å². The zero-order chi connectivity index (χ0) is 29.0. The van der Waals surface area contributed by atoms with Gasteiger partial charge in [-0.2, -0.15) is 18.4 Å². The molecule has 0 radical (unpaired) electrons. The second-order valence-electron chi connectivity index (χ2n) is 9.31. The Kier molecular flexibility index (Phi) is 8.05. The number of hydrogen-bond donors (Lipinski definition) is 0. The van der Waals surface area contributed by atoms with Gasteiger partial charge in [0, 0.05) is 6.08 Å². The Hall–Kier alpha value is -4.90. The molecular weight excluding hydrogens is 517 g/mol. The Morgan fingerprint density at radius 2 is 1.68 bits per heavy atom. The van der Waals surface area contributed by atoms with E-state index < -0.39 is 28.8 Å². The molecule has 0 atom stereocenters. The summed E-state index contributed by atoms with van der Waals surface area (Å²) in [6, 6.07) is 22.1. The third-order valence-corrected chi connectivity index (χ3v) is 6.56. The molecule has 0 N–H and O–H groups in total. The minimum absolute atomic E-state index is 0.00340. The molecule has 40 heavy (non-hydrogen) atoms. The quantitative estimate of drug-likeness (QED) is 0.196. The molecule has 4 rings (SSSR count). The molecule has 0 amide bonds. The van der Waals surface area contributed by atoms with Gasteiger partial charge < -0.3 is 9.30 Å². The van der Waals surface area contributed by atoms with Crippen molar-refractivity contribution in [1.82, 2.24) is 4.57 Å². The van der Waals surface area contributed by atoms with Crippen LogP contribution in [-0.2, 0) is 22.3 Å². The van der Waals surface area contributed by atoms with Gasteiger partial charge in [0.25, 0.3) is 5.56 Å². The molecule has 202 valence electrons. The molecule has 0 fully saturated rings. The lowest BCUT2D eigenvalue weighted by molar-refractivity contribution is -0.138. The van der Waals surface area contributed by atoms with Crippen LogP contribution in [0.4, 0.5) is 13.2 Å². The predicted molar refractivity (Wildman–Crippen MR) is 147 cm³/mol. The molecule has 1 aromatic heterocycles. The average molecular weight is 543 g/mol. The number of halogens is 3. The maximum absolute atomic E-state index is 13.9. The van der Waals surface area contributed by atoms with Gasteiger partial charge in [0.2, 0.25) is 0 Å². The maximum atomic E-state index is 13.9. The van der Waals surface area contributed by atoms with Crippen LogP contribution in [0.2, 0.25) is 0 Å². The molecule has 8 heteroatoms.